The molecule has 0 spiro atoms. The van der Waals surface area contributed by atoms with E-state index in [2.05, 4.69) is 4.74 Å². The van der Waals surface area contributed by atoms with Crippen molar-refractivity contribution < 1.29 is 54.0 Å². The fourth-order valence-electron chi connectivity index (χ4n) is 4.51. The predicted octanol–water partition coefficient (Wildman–Crippen LogP) is 5.18. The lowest BCUT2D eigenvalue weighted by Gasteiger charge is -2.41. The van der Waals surface area contributed by atoms with Crippen LogP contribution in [0, 0.1) is 59.9 Å². The molecule has 0 radical (unpaired) electrons. The normalized spacial score (nSPS) is 22.7. The molecule has 3 aliphatic rings. The Hall–Kier alpha value is -1.86. The molecule has 37 heavy (non-hydrogen) atoms. The quantitative estimate of drug-likeness (QED) is 0.0654. The van der Waals surface area contributed by atoms with E-state index in [0.29, 0.717) is 12.8 Å². The second kappa shape index (κ2) is 10.4. The number of carbonyl (C=O) groups is 2. The number of fused-ring (bicyclic) bond motifs is 2. The van der Waals surface area contributed by atoms with Gasteiger partial charge in [-0.05, 0) is 82.0 Å². The molecule has 0 saturated heterocycles. The van der Waals surface area contributed by atoms with E-state index in [-0.39, 0.29) is 12.9 Å². The van der Waals surface area contributed by atoms with E-state index in [0.717, 1.165) is 0 Å². The molecule has 2 aromatic rings. The maximum Gasteiger partial charge on any atom is 0.316 e. The Morgan fingerprint density at radius 2 is 1.19 bits per heavy atom. The van der Waals surface area contributed by atoms with Crippen molar-refractivity contribution >= 4 is 67.2 Å². The van der Waals surface area contributed by atoms with Gasteiger partial charge in [-0.15, -0.1) is 0 Å². The van der Waals surface area contributed by atoms with Crippen molar-refractivity contribution in [3.05, 3.63) is 60.5 Å². The third kappa shape index (κ3) is 5.23. The van der Waals surface area contributed by atoms with Crippen LogP contribution in [-0.4, -0.2) is 24.9 Å². The fraction of sp³-hybridized carbons (Fsp3) is 0.273. The Morgan fingerprint density at radius 3 is 1.59 bits per heavy atom. The second-order valence-corrected chi connectivity index (χ2v) is 12.0. The summed E-state index contributed by atoms with van der Waals surface area (Å²) in [6, 6.07) is 2.34. The van der Waals surface area contributed by atoms with Crippen molar-refractivity contribution in [1.82, 2.24) is 0 Å². The van der Waals surface area contributed by atoms with Gasteiger partial charge < -0.3 is 9.47 Å². The summed E-state index contributed by atoms with van der Waals surface area (Å²) < 4.78 is 111. The van der Waals surface area contributed by atoms with Crippen LogP contribution in [0.4, 0.5) is 22.0 Å². The number of allylic oxidation sites excluding steroid dienone is 2. The van der Waals surface area contributed by atoms with E-state index >= 15 is 0 Å². The van der Waals surface area contributed by atoms with Crippen LogP contribution in [0.2, 0.25) is 0 Å². The lowest BCUT2D eigenvalue weighted by molar-refractivity contribution is -0.157. The molecule has 5 rings (SSSR count). The number of esters is 2. The Balaban J connectivity index is 1.64. The van der Waals surface area contributed by atoms with Gasteiger partial charge in [0.05, 0.1) is 11.8 Å². The van der Waals surface area contributed by atoms with E-state index < -0.39 is 85.5 Å². The largest absolute Gasteiger partial charge is 0.426 e. The molecular formula is C22H13F5I2O7S. The number of hydrogen-bond acceptors (Lipinski definition) is 6. The highest BCUT2D eigenvalue weighted by molar-refractivity contribution is 14.1. The third-order valence-electron chi connectivity index (χ3n) is 6.11. The first-order chi connectivity index (χ1) is 17.2. The molecule has 1 N–H and O–H groups in total. The minimum absolute atomic E-state index is 0.0436. The lowest BCUT2D eigenvalue weighted by atomic mass is 9.62. The Bertz CT molecular complexity index is 1410. The molecule has 2 aromatic carbocycles. The average molecular weight is 770 g/mol. The van der Waals surface area contributed by atoms with Crippen LogP contribution in [0.25, 0.3) is 0 Å². The van der Waals surface area contributed by atoms with Gasteiger partial charge in [0.25, 0.3) is 10.1 Å². The van der Waals surface area contributed by atoms with Crippen LogP contribution < -0.4 is 9.47 Å². The fourth-order valence-corrected chi connectivity index (χ4v) is 8.50. The smallest absolute Gasteiger partial charge is 0.316 e. The van der Waals surface area contributed by atoms with E-state index in [4.69, 9.17) is 4.74 Å². The van der Waals surface area contributed by atoms with Gasteiger partial charge in [-0.2, -0.15) is 17.2 Å². The summed E-state index contributed by atoms with van der Waals surface area (Å²) in [5.41, 5.74) is 0. The molecule has 4 atom stereocenters. The number of rotatable bonds is 5. The van der Waals surface area contributed by atoms with Gasteiger partial charge in [-0.3, -0.25) is 14.1 Å². The highest BCUT2D eigenvalue weighted by Crippen LogP contribution is 2.46. The topological polar surface area (TPSA) is 107 Å². The number of hydrogen-bond donors (Lipinski definition) is 1. The van der Waals surface area contributed by atoms with E-state index in [9.17, 15) is 44.5 Å². The molecule has 15 heteroatoms. The standard InChI is InChI=1S/C22H13F5I2O7S/c23-14-15(24)17(26)19(18(27)16(14)25)36-22(31)13-8-3-1-7(2-4-8)12(13)21(30)35-9-5-10(28)20(11(29)6-9)37(32,33)34/h1,3,5-8,12-13H,2,4H2,(H,32,33,34). The molecule has 0 aromatic heterocycles. The zero-order chi connectivity index (χ0) is 27.4. The number of carbonyl (C=O) groups excluding carboxylic acids is 2. The van der Waals surface area contributed by atoms with Crippen LogP contribution in [0.15, 0.2) is 29.2 Å². The summed E-state index contributed by atoms with van der Waals surface area (Å²) in [5, 5.41) is 0. The molecule has 1 fully saturated rings. The van der Waals surface area contributed by atoms with Gasteiger partial charge in [0.2, 0.25) is 34.8 Å². The molecule has 1 saturated carbocycles. The van der Waals surface area contributed by atoms with Crippen LogP contribution in [0.3, 0.4) is 0 Å². The Morgan fingerprint density at radius 1 is 0.784 bits per heavy atom. The summed E-state index contributed by atoms with van der Waals surface area (Å²) in [4.78, 5) is 25.7. The zero-order valence-electron chi connectivity index (χ0n) is 18.0. The highest BCUT2D eigenvalue weighted by Gasteiger charge is 2.50. The van der Waals surface area contributed by atoms with Gasteiger partial charge in [0.15, 0.2) is 0 Å². The van der Waals surface area contributed by atoms with Crippen LogP contribution in [0.1, 0.15) is 12.8 Å². The summed E-state index contributed by atoms with van der Waals surface area (Å²) in [6.07, 6.45) is 4.11. The number of benzene rings is 2. The first-order valence-corrected chi connectivity index (χ1v) is 13.9. The maximum atomic E-state index is 14.1. The summed E-state index contributed by atoms with van der Waals surface area (Å²) in [6.45, 7) is 0. The van der Waals surface area contributed by atoms with E-state index in [1.165, 1.54) is 12.1 Å². The van der Waals surface area contributed by atoms with Gasteiger partial charge >= 0.3 is 11.9 Å². The Labute approximate surface area is 233 Å². The third-order valence-corrected chi connectivity index (χ3v) is 9.50. The molecule has 2 bridgehead atoms. The van der Waals surface area contributed by atoms with Crippen molar-refractivity contribution in [3.63, 3.8) is 0 Å². The monoisotopic (exact) mass is 770 g/mol. The second-order valence-electron chi connectivity index (χ2n) is 8.27. The molecule has 0 amide bonds. The van der Waals surface area contributed by atoms with Crippen LogP contribution >= 0.6 is 45.2 Å². The minimum Gasteiger partial charge on any atom is -0.426 e. The van der Waals surface area contributed by atoms with Crippen LogP contribution in [0.5, 0.6) is 11.5 Å². The molecule has 4 unspecified atom stereocenters. The molecule has 3 aliphatic carbocycles. The van der Waals surface area contributed by atoms with Gasteiger partial charge in [0.1, 0.15) is 10.6 Å². The van der Waals surface area contributed by atoms with E-state index in [1.807, 2.05) is 0 Å². The molecule has 0 aliphatic heterocycles. The average Bonchev–Trinajstić information content (AvgIpc) is 2.82. The van der Waals surface area contributed by atoms with Crippen molar-refractivity contribution in [2.45, 2.75) is 17.7 Å². The number of ether oxygens (including phenoxy) is 2. The predicted molar refractivity (Wildman–Crippen MR) is 132 cm³/mol. The van der Waals surface area contributed by atoms with Gasteiger partial charge in [0, 0.05) is 7.14 Å². The Kier molecular flexibility index (Phi) is 7.89. The van der Waals surface area contributed by atoms with Crippen molar-refractivity contribution in [3.8, 4) is 11.5 Å². The minimum atomic E-state index is -4.57. The van der Waals surface area contributed by atoms with E-state index in [1.54, 1.807) is 57.3 Å². The van der Waals surface area contributed by atoms with Crippen molar-refractivity contribution in [2.75, 3.05) is 0 Å². The van der Waals surface area contributed by atoms with Crippen molar-refractivity contribution in [2.24, 2.45) is 23.7 Å². The molecule has 7 nitrogen and oxygen atoms in total. The highest BCUT2D eigenvalue weighted by atomic mass is 127. The number of halogens is 7. The van der Waals surface area contributed by atoms with Crippen LogP contribution in [-0.2, 0) is 19.7 Å². The summed E-state index contributed by atoms with van der Waals surface area (Å²) in [7, 11) is -4.57. The molecule has 198 valence electrons. The SMILES string of the molecule is O=C(Oc1cc(I)c(S(=O)(=O)O)c(I)c1)C1C2C=CC(CC2)C1C(=O)Oc1c(F)c(F)c(F)c(F)c1F. The molecule has 0 heterocycles. The molecular weight excluding hydrogens is 757 g/mol. The first kappa shape index (κ1) is 28.2. The maximum absolute atomic E-state index is 14.1. The van der Waals surface area contributed by atoms with Gasteiger partial charge in [-0.25, -0.2) is 13.2 Å². The van der Waals surface area contributed by atoms with Gasteiger partial charge in [-0.1, -0.05) is 12.2 Å². The zero-order valence-corrected chi connectivity index (χ0v) is 23.1. The summed E-state index contributed by atoms with van der Waals surface area (Å²) >= 11 is 3.24. The van der Waals surface area contributed by atoms with Crippen molar-refractivity contribution in [1.29, 1.82) is 0 Å². The first-order valence-electron chi connectivity index (χ1n) is 10.3. The summed E-state index contributed by atoms with van der Waals surface area (Å²) in [5.74, 6) is -19.7. The lowest BCUT2D eigenvalue weighted by Crippen LogP contribution is -2.48.